The van der Waals surface area contributed by atoms with Gasteiger partial charge in [0.05, 0.1) is 12.2 Å². The number of pyridine rings is 1. The lowest BCUT2D eigenvalue weighted by molar-refractivity contribution is -0.0206. The molecule has 0 bridgehead atoms. The Balaban J connectivity index is 2.99. The van der Waals surface area contributed by atoms with Crippen LogP contribution < -0.4 is 11.3 Å². The van der Waals surface area contributed by atoms with Crippen LogP contribution in [-0.2, 0) is 6.54 Å². The molecule has 0 saturated heterocycles. The molecule has 3 nitrogen and oxygen atoms in total. The fourth-order valence-corrected chi connectivity index (χ4v) is 1.04. The predicted octanol–water partition coefficient (Wildman–Crippen LogP) is 1.48. The minimum atomic E-state index is -2.86. The minimum absolute atomic E-state index is 0.0144. The van der Waals surface area contributed by atoms with E-state index in [0.29, 0.717) is 0 Å². The molecule has 0 unspecified atom stereocenters. The first kappa shape index (κ1) is 10.7. The number of anilines is 1. The molecule has 0 fully saturated rings. The van der Waals surface area contributed by atoms with Crippen molar-refractivity contribution in [2.45, 2.75) is 25.8 Å². The van der Waals surface area contributed by atoms with Crippen molar-refractivity contribution < 1.29 is 8.78 Å². The van der Waals surface area contributed by atoms with Crippen molar-refractivity contribution in [3.63, 3.8) is 0 Å². The van der Waals surface area contributed by atoms with Crippen LogP contribution in [0.2, 0.25) is 0 Å². The van der Waals surface area contributed by atoms with E-state index < -0.39 is 18.0 Å². The standard InChI is InChI=1S/C9H12F2N2O/c1-2-9(10,11)6-13-5-3-4-7(12)8(13)14/h3-5H,2,6,12H2,1H3. The van der Waals surface area contributed by atoms with Gasteiger partial charge >= 0.3 is 0 Å². The average Bonchev–Trinajstić information content (AvgIpc) is 2.13. The summed E-state index contributed by atoms with van der Waals surface area (Å²) >= 11 is 0. The monoisotopic (exact) mass is 202 g/mol. The number of rotatable bonds is 3. The third-order valence-corrected chi connectivity index (χ3v) is 1.97. The summed E-state index contributed by atoms with van der Waals surface area (Å²) in [6, 6.07) is 2.87. The minimum Gasteiger partial charge on any atom is -0.394 e. The van der Waals surface area contributed by atoms with Gasteiger partial charge in [-0.3, -0.25) is 4.79 Å². The molecule has 1 aromatic rings. The fraction of sp³-hybridized carbons (Fsp3) is 0.444. The lowest BCUT2D eigenvalue weighted by Crippen LogP contribution is -2.31. The van der Waals surface area contributed by atoms with Crippen LogP contribution in [0.15, 0.2) is 23.1 Å². The van der Waals surface area contributed by atoms with Crippen LogP contribution in [0.3, 0.4) is 0 Å². The van der Waals surface area contributed by atoms with Crippen molar-refractivity contribution in [2.75, 3.05) is 5.73 Å². The molecule has 0 spiro atoms. The van der Waals surface area contributed by atoms with Gasteiger partial charge in [0.25, 0.3) is 11.5 Å². The summed E-state index contributed by atoms with van der Waals surface area (Å²) in [5.41, 5.74) is 4.72. The van der Waals surface area contributed by atoms with Gasteiger partial charge < -0.3 is 10.3 Å². The Morgan fingerprint density at radius 2 is 2.21 bits per heavy atom. The highest BCUT2D eigenvalue weighted by Crippen LogP contribution is 2.19. The Hall–Kier alpha value is -1.39. The Kier molecular flexibility index (Phi) is 2.88. The summed E-state index contributed by atoms with van der Waals surface area (Å²) in [5, 5.41) is 0. The van der Waals surface area contributed by atoms with Crippen LogP contribution >= 0.6 is 0 Å². The van der Waals surface area contributed by atoms with Gasteiger partial charge in [-0.05, 0) is 12.1 Å². The zero-order valence-electron chi connectivity index (χ0n) is 7.84. The van der Waals surface area contributed by atoms with E-state index in [0.717, 1.165) is 4.57 Å². The Bertz CT molecular complexity index is 373. The van der Waals surface area contributed by atoms with Crippen LogP contribution in [0.5, 0.6) is 0 Å². The molecule has 0 aliphatic carbocycles. The van der Waals surface area contributed by atoms with Gasteiger partial charge in [-0.15, -0.1) is 0 Å². The maximum atomic E-state index is 12.9. The molecule has 0 aromatic carbocycles. The van der Waals surface area contributed by atoms with Gasteiger partial charge in [-0.1, -0.05) is 6.92 Å². The molecule has 0 amide bonds. The number of nitrogen functional groups attached to an aromatic ring is 1. The number of aromatic nitrogens is 1. The second kappa shape index (κ2) is 3.77. The van der Waals surface area contributed by atoms with E-state index >= 15 is 0 Å². The zero-order valence-corrected chi connectivity index (χ0v) is 7.84. The molecule has 14 heavy (non-hydrogen) atoms. The number of nitrogens with two attached hydrogens (primary N) is 1. The second-order valence-corrected chi connectivity index (χ2v) is 3.11. The summed E-state index contributed by atoms with van der Waals surface area (Å²) < 4.78 is 26.8. The third-order valence-electron chi connectivity index (χ3n) is 1.97. The molecule has 78 valence electrons. The van der Waals surface area contributed by atoms with Crippen LogP contribution in [0.25, 0.3) is 0 Å². The molecule has 0 saturated carbocycles. The molecule has 1 aromatic heterocycles. The van der Waals surface area contributed by atoms with E-state index in [-0.39, 0.29) is 12.1 Å². The van der Waals surface area contributed by atoms with Gasteiger partial charge in [-0.2, -0.15) is 0 Å². The molecule has 1 rings (SSSR count). The lowest BCUT2D eigenvalue weighted by atomic mass is 10.2. The maximum absolute atomic E-state index is 12.9. The number of halogens is 2. The summed E-state index contributed by atoms with van der Waals surface area (Å²) in [6.45, 7) is 0.755. The van der Waals surface area contributed by atoms with Crippen LogP contribution in [0, 0.1) is 0 Å². The first-order chi connectivity index (χ1) is 6.46. The Morgan fingerprint density at radius 3 is 2.79 bits per heavy atom. The van der Waals surface area contributed by atoms with E-state index in [2.05, 4.69) is 0 Å². The molecule has 0 radical (unpaired) electrons. The van der Waals surface area contributed by atoms with E-state index in [1.54, 1.807) is 0 Å². The molecular formula is C9H12F2N2O. The molecule has 0 atom stereocenters. The number of nitrogens with zero attached hydrogens (tertiary/aromatic N) is 1. The van der Waals surface area contributed by atoms with Crippen LogP contribution in [-0.4, -0.2) is 10.5 Å². The Morgan fingerprint density at radius 1 is 1.57 bits per heavy atom. The molecule has 5 heteroatoms. The normalized spacial score (nSPS) is 11.6. The maximum Gasteiger partial charge on any atom is 0.273 e. The smallest absolute Gasteiger partial charge is 0.273 e. The summed E-state index contributed by atoms with van der Waals surface area (Å²) in [5.74, 6) is -2.86. The van der Waals surface area contributed by atoms with E-state index in [4.69, 9.17) is 5.73 Å². The van der Waals surface area contributed by atoms with Gasteiger partial charge in [0.2, 0.25) is 0 Å². The molecule has 0 aliphatic heterocycles. The zero-order chi connectivity index (χ0) is 10.8. The summed E-state index contributed by atoms with van der Waals surface area (Å²) in [6.07, 6.45) is 1.01. The first-order valence-electron chi connectivity index (χ1n) is 4.29. The van der Waals surface area contributed by atoms with Crippen molar-refractivity contribution in [3.05, 3.63) is 28.7 Å². The van der Waals surface area contributed by atoms with E-state index in [1.165, 1.54) is 25.3 Å². The third kappa shape index (κ3) is 2.31. The fourth-order valence-electron chi connectivity index (χ4n) is 1.04. The van der Waals surface area contributed by atoms with Gasteiger partial charge in [0.1, 0.15) is 0 Å². The van der Waals surface area contributed by atoms with Crippen molar-refractivity contribution in [2.24, 2.45) is 0 Å². The first-order valence-corrected chi connectivity index (χ1v) is 4.29. The SMILES string of the molecule is CCC(F)(F)Cn1cccc(N)c1=O. The predicted molar refractivity (Wildman–Crippen MR) is 50.4 cm³/mol. The van der Waals surface area contributed by atoms with Crippen molar-refractivity contribution in [1.82, 2.24) is 4.57 Å². The highest BCUT2D eigenvalue weighted by molar-refractivity contribution is 5.33. The van der Waals surface area contributed by atoms with E-state index in [1.807, 2.05) is 0 Å². The summed E-state index contributed by atoms with van der Waals surface area (Å²) in [4.78, 5) is 11.3. The topological polar surface area (TPSA) is 48.0 Å². The molecule has 0 aliphatic rings. The van der Waals surface area contributed by atoms with Crippen molar-refractivity contribution >= 4 is 5.69 Å². The number of alkyl halides is 2. The van der Waals surface area contributed by atoms with Gasteiger partial charge in [-0.25, -0.2) is 8.78 Å². The largest absolute Gasteiger partial charge is 0.394 e. The van der Waals surface area contributed by atoms with Gasteiger partial charge in [0.15, 0.2) is 0 Å². The Labute approximate surface area is 80.2 Å². The molecule has 1 heterocycles. The van der Waals surface area contributed by atoms with Gasteiger partial charge in [0, 0.05) is 12.6 Å². The lowest BCUT2D eigenvalue weighted by Gasteiger charge is -2.15. The van der Waals surface area contributed by atoms with Crippen LogP contribution in [0.4, 0.5) is 14.5 Å². The van der Waals surface area contributed by atoms with E-state index in [9.17, 15) is 13.6 Å². The van der Waals surface area contributed by atoms with Crippen LogP contribution in [0.1, 0.15) is 13.3 Å². The highest BCUT2D eigenvalue weighted by atomic mass is 19.3. The number of hydrogen-bond donors (Lipinski definition) is 1. The van der Waals surface area contributed by atoms with Crippen molar-refractivity contribution in [3.8, 4) is 0 Å². The molecule has 2 N–H and O–H groups in total. The average molecular weight is 202 g/mol. The number of hydrogen-bond acceptors (Lipinski definition) is 2. The highest BCUT2D eigenvalue weighted by Gasteiger charge is 2.27. The second-order valence-electron chi connectivity index (χ2n) is 3.11. The quantitative estimate of drug-likeness (QED) is 0.806. The molecular weight excluding hydrogens is 190 g/mol. The summed E-state index contributed by atoms with van der Waals surface area (Å²) in [7, 11) is 0. The van der Waals surface area contributed by atoms with Crippen molar-refractivity contribution in [1.29, 1.82) is 0 Å².